The van der Waals surface area contributed by atoms with Crippen LogP contribution in [0.3, 0.4) is 0 Å². The summed E-state index contributed by atoms with van der Waals surface area (Å²) in [5, 5.41) is 27.8. The number of ether oxygens (including phenoxy) is 2. The molecule has 3 heterocycles. The molecule has 0 amide bonds. The number of hydrogen-bond acceptors (Lipinski definition) is 10. The molecular formula is C21H19N7O2S. The topological polar surface area (TPSA) is 144 Å². The number of nitrogens with zero attached hydrogens (tertiary/aromatic N) is 6. The smallest absolute Gasteiger partial charge is 0.143 e. The third kappa shape index (κ3) is 5.25. The Morgan fingerprint density at radius 1 is 1.19 bits per heavy atom. The molecular weight excluding hydrogens is 414 g/mol. The zero-order valence-corrected chi connectivity index (χ0v) is 17.8. The molecule has 0 aromatic carbocycles. The highest BCUT2D eigenvalue weighted by Gasteiger charge is 2.21. The fourth-order valence-electron chi connectivity index (χ4n) is 2.81. The number of thioether (sulfide) groups is 1. The van der Waals surface area contributed by atoms with Gasteiger partial charge in [0, 0.05) is 24.6 Å². The molecule has 0 aliphatic heterocycles. The zero-order chi connectivity index (χ0) is 22.2. The van der Waals surface area contributed by atoms with Crippen molar-refractivity contribution in [1.82, 2.24) is 20.2 Å². The molecule has 1 atom stereocenters. The van der Waals surface area contributed by atoms with E-state index in [1.807, 2.05) is 19.1 Å². The molecule has 0 saturated carbocycles. The fraction of sp³-hybridized carbons (Fsp3) is 0.238. The first-order valence-corrected chi connectivity index (χ1v) is 10.2. The predicted octanol–water partition coefficient (Wildman–Crippen LogP) is 2.97. The molecule has 0 spiro atoms. The van der Waals surface area contributed by atoms with E-state index in [4.69, 9.17) is 15.2 Å². The van der Waals surface area contributed by atoms with Crippen LogP contribution in [0.2, 0.25) is 0 Å². The van der Waals surface area contributed by atoms with Crippen molar-refractivity contribution in [3.8, 4) is 29.1 Å². The lowest BCUT2D eigenvalue weighted by atomic mass is 10.0. The van der Waals surface area contributed by atoms with E-state index >= 15 is 0 Å². The number of pyridine rings is 2. The second-order valence-electron chi connectivity index (χ2n) is 6.42. The van der Waals surface area contributed by atoms with Crippen LogP contribution in [0.5, 0.6) is 5.75 Å². The van der Waals surface area contributed by atoms with Gasteiger partial charge in [0.2, 0.25) is 0 Å². The van der Waals surface area contributed by atoms with Gasteiger partial charge < -0.3 is 15.2 Å². The van der Waals surface area contributed by atoms with E-state index < -0.39 is 0 Å². The lowest BCUT2D eigenvalue weighted by molar-refractivity contribution is 0.0918. The first-order chi connectivity index (χ1) is 15.1. The Labute approximate surface area is 183 Å². The first-order valence-electron chi connectivity index (χ1n) is 9.22. The highest BCUT2D eigenvalue weighted by atomic mass is 32.2. The number of rotatable bonds is 8. The molecule has 10 heteroatoms. The van der Waals surface area contributed by atoms with E-state index in [1.54, 1.807) is 31.5 Å². The standard InChI is InChI=1S/C21H19N7O2S/c1-13(11-29-2)30-15-5-6-18(25-10-15)19-16(8-22)20(24)27-21(17(19)9-23)31-12-14-4-3-7-26-28-14/h3-7,10,13H,11-12H2,1-2H3,(H2,24,27). The molecule has 1 unspecified atom stereocenters. The van der Waals surface area contributed by atoms with Gasteiger partial charge in [0.1, 0.15) is 40.4 Å². The monoisotopic (exact) mass is 433 g/mol. The van der Waals surface area contributed by atoms with Crippen LogP contribution >= 0.6 is 11.8 Å². The van der Waals surface area contributed by atoms with Gasteiger partial charge >= 0.3 is 0 Å². The van der Waals surface area contributed by atoms with E-state index in [-0.39, 0.29) is 23.0 Å². The normalized spacial score (nSPS) is 11.4. The minimum absolute atomic E-state index is 0.0361. The molecule has 3 aromatic rings. The second-order valence-corrected chi connectivity index (χ2v) is 7.38. The molecule has 0 aliphatic rings. The van der Waals surface area contributed by atoms with Gasteiger partial charge in [-0.2, -0.15) is 20.7 Å². The van der Waals surface area contributed by atoms with Gasteiger partial charge in [-0.3, -0.25) is 4.98 Å². The van der Waals surface area contributed by atoms with Crippen LogP contribution in [0, 0.1) is 22.7 Å². The molecule has 9 nitrogen and oxygen atoms in total. The third-order valence-corrected chi connectivity index (χ3v) is 5.14. The Bertz CT molecular complexity index is 1130. The molecule has 2 N–H and O–H groups in total. The van der Waals surface area contributed by atoms with Crippen molar-refractivity contribution in [3.63, 3.8) is 0 Å². The predicted molar refractivity (Wildman–Crippen MR) is 115 cm³/mol. The van der Waals surface area contributed by atoms with Gasteiger partial charge in [0.15, 0.2) is 0 Å². The lowest BCUT2D eigenvalue weighted by Crippen LogP contribution is -2.18. The number of nitrogens with two attached hydrogens (primary N) is 1. The van der Waals surface area contributed by atoms with Gasteiger partial charge in [-0.05, 0) is 31.2 Å². The molecule has 0 fully saturated rings. The quantitative estimate of drug-likeness (QED) is 0.526. The van der Waals surface area contributed by atoms with Crippen LogP contribution < -0.4 is 10.5 Å². The number of aromatic nitrogens is 4. The van der Waals surface area contributed by atoms with Crippen molar-refractivity contribution in [2.75, 3.05) is 19.5 Å². The molecule has 0 aliphatic carbocycles. The van der Waals surface area contributed by atoms with E-state index in [2.05, 4.69) is 26.2 Å². The number of anilines is 1. The number of methoxy groups -OCH3 is 1. The molecule has 0 bridgehead atoms. The molecule has 31 heavy (non-hydrogen) atoms. The van der Waals surface area contributed by atoms with Crippen LogP contribution in [0.25, 0.3) is 11.3 Å². The van der Waals surface area contributed by atoms with Gasteiger partial charge in [-0.1, -0.05) is 11.8 Å². The summed E-state index contributed by atoms with van der Waals surface area (Å²) >= 11 is 1.29. The van der Waals surface area contributed by atoms with Gasteiger partial charge in [0.25, 0.3) is 0 Å². The maximum absolute atomic E-state index is 9.85. The molecule has 3 rings (SSSR count). The summed E-state index contributed by atoms with van der Waals surface area (Å²) in [6.45, 7) is 2.31. The summed E-state index contributed by atoms with van der Waals surface area (Å²) in [7, 11) is 1.60. The van der Waals surface area contributed by atoms with Crippen molar-refractivity contribution >= 4 is 17.6 Å². The number of hydrogen-bond donors (Lipinski definition) is 1. The van der Waals surface area contributed by atoms with Crippen molar-refractivity contribution in [3.05, 3.63) is 53.5 Å². The van der Waals surface area contributed by atoms with E-state index in [1.165, 1.54) is 18.0 Å². The van der Waals surface area contributed by atoms with E-state index in [0.29, 0.717) is 34.4 Å². The summed E-state index contributed by atoms with van der Waals surface area (Å²) in [5.74, 6) is 1.02. The minimum Gasteiger partial charge on any atom is -0.487 e. The van der Waals surface area contributed by atoms with Crippen molar-refractivity contribution < 1.29 is 9.47 Å². The van der Waals surface area contributed by atoms with E-state index in [0.717, 1.165) is 5.69 Å². The Balaban J connectivity index is 1.97. The van der Waals surface area contributed by atoms with Crippen LogP contribution in [0.4, 0.5) is 5.82 Å². The number of nitriles is 2. The van der Waals surface area contributed by atoms with Crippen molar-refractivity contribution in [1.29, 1.82) is 10.5 Å². The average molecular weight is 433 g/mol. The Morgan fingerprint density at radius 3 is 2.61 bits per heavy atom. The van der Waals surface area contributed by atoms with Crippen LogP contribution in [-0.4, -0.2) is 40.0 Å². The van der Waals surface area contributed by atoms with Crippen LogP contribution in [-0.2, 0) is 10.5 Å². The second kappa shape index (κ2) is 10.3. The summed E-state index contributed by atoms with van der Waals surface area (Å²) < 4.78 is 10.8. The Kier molecular flexibility index (Phi) is 7.33. The van der Waals surface area contributed by atoms with Crippen LogP contribution in [0.15, 0.2) is 41.7 Å². The maximum Gasteiger partial charge on any atom is 0.143 e. The van der Waals surface area contributed by atoms with Gasteiger partial charge in [-0.25, -0.2) is 4.98 Å². The van der Waals surface area contributed by atoms with E-state index in [9.17, 15) is 10.5 Å². The Hall–Kier alpha value is -3.73. The zero-order valence-electron chi connectivity index (χ0n) is 16.9. The highest BCUT2D eigenvalue weighted by Crippen LogP contribution is 2.36. The summed E-state index contributed by atoms with van der Waals surface area (Å²) in [6.07, 6.45) is 2.97. The summed E-state index contributed by atoms with van der Waals surface area (Å²) in [5.41, 5.74) is 7.88. The summed E-state index contributed by atoms with van der Waals surface area (Å²) in [6, 6.07) is 11.2. The minimum atomic E-state index is -0.150. The summed E-state index contributed by atoms with van der Waals surface area (Å²) in [4.78, 5) is 8.67. The van der Waals surface area contributed by atoms with Crippen molar-refractivity contribution in [2.45, 2.75) is 23.8 Å². The Morgan fingerprint density at radius 2 is 2.00 bits per heavy atom. The maximum atomic E-state index is 9.85. The van der Waals surface area contributed by atoms with Crippen molar-refractivity contribution in [2.24, 2.45) is 0 Å². The molecule has 0 saturated heterocycles. The SMILES string of the molecule is COCC(C)Oc1ccc(-c2c(C#N)c(N)nc(SCc3cccnn3)c2C#N)nc1. The average Bonchev–Trinajstić information content (AvgIpc) is 2.78. The third-order valence-electron chi connectivity index (χ3n) is 4.13. The molecule has 0 radical (unpaired) electrons. The molecule has 156 valence electrons. The van der Waals surface area contributed by atoms with Gasteiger partial charge in [-0.15, -0.1) is 0 Å². The fourth-order valence-corrected chi connectivity index (χ4v) is 3.70. The van der Waals surface area contributed by atoms with Crippen LogP contribution in [0.1, 0.15) is 23.7 Å². The van der Waals surface area contributed by atoms with Gasteiger partial charge in [0.05, 0.1) is 29.8 Å². The lowest BCUT2D eigenvalue weighted by Gasteiger charge is -2.15. The molecule has 3 aromatic heterocycles. The number of nitrogen functional groups attached to an aromatic ring is 1. The highest BCUT2D eigenvalue weighted by molar-refractivity contribution is 7.98. The largest absolute Gasteiger partial charge is 0.487 e. The first kappa shape index (κ1) is 22.0.